The van der Waals surface area contributed by atoms with Crippen molar-refractivity contribution in [3.8, 4) is 0 Å². The monoisotopic (exact) mass is 132 g/mol. The largest absolute Gasteiger partial charge is 0.363 e. The molecule has 54 valence electrons. The molecule has 9 heavy (non-hydrogen) atoms. The van der Waals surface area contributed by atoms with Gasteiger partial charge >= 0.3 is 0 Å². The van der Waals surface area contributed by atoms with Crippen molar-refractivity contribution in [3.05, 3.63) is 0 Å². The topological polar surface area (TPSA) is 56.1 Å². The van der Waals surface area contributed by atoms with E-state index in [0.717, 1.165) is 0 Å². The van der Waals surface area contributed by atoms with Crippen LogP contribution in [0.15, 0.2) is 5.10 Å². The van der Waals surface area contributed by atoms with E-state index in [9.17, 15) is 0 Å². The smallest absolute Gasteiger partial charge is 0.193 e. The van der Waals surface area contributed by atoms with Crippen LogP contribution in [0.25, 0.3) is 0 Å². The van der Waals surface area contributed by atoms with Crippen LogP contribution >= 0.6 is 0 Å². The molecule has 4 heteroatoms. The third-order valence-electron chi connectivity index (χ3n) is 0.731. The van der Waals surface area contributed by atoms with Crippen LogP contribution < -0.4 is 0 Å². The number of rotatable bonds is 2. The van der Waals surface area contributed by atoms with Crippen LogP contribution in [-0.2, 0) is 0 Å². The van der Waals surface area contributed by atoms with Crippen molar-refractivity contribution in [3.63, 3.8) is 0 Å². The minimum Gasteiger partial charge on any atom is -0.363 e. The summed E-state index contributed by atoms with van der Waals surface area (Å²) in [6.45, 7) is 1.55. The number of nitrogens with zero attached hydrogens (tertiary/aromatic N) is 2. The zero-order valence-corrected chi connectivity index (χ0v) is 5.87. The van der Waals surface area contributed by atoms with Gasteiger partial charge in [0.15, 0.2) is 6.29 Å². The molecular weight excluding hydrogens is 120 g/mol. The lowest BCUT2D eigenvalue weighted by molar-refractivity contribution is 0.0179. The highest BCUT2D eigenvalue weighted by Crippen LogP contribution is 1.84. The molecule has 0 amide bonds. The Labute approximate surface area is 54.4 Å². The summed E-state index contributed by atoms with van der Waals surface area (Å²) in [7, 11) is 3.43. The second-order valence-electron chi connectivity index (χ2n) is 1.96. The van der Waals surface area contributed by atoms with E-state index in [1.165, 1.54) is 5.01 Å². The van der Waals surface area contributed by atoms with E-state index in [0.29, 0.717) is 5.71 Å². The first-order valence-corrected chi connectivity index (χ1v) is 2.62. The zero-order chi connectivity index (χ0) is 7.44. The molecule has 0 radical (unpaired) electrons. The average Bonchev–Trinajstić information content (AvgIpc) is 1.63. The highest BCUT2D eigenvalue weighted by molar-refractivity contribution is 5.84. The van der Waals surface area contributed by atoms with Gasteiger partial charge in [0.2, 0.25) is 0 Å². The molecule has 0 aliphatic heterocycles. The van der Waals surface area contributed by atoms with E-state index < -0.39 is 6.29 Å². The second kappa shape index (κ2) is 3.42. The summed E-state index contributed by atoms with van der Waals surface area (Å²) in [5, 5.41) is 22.2. The first-order chi connectivity index (χ1) is 4.04. The van der Waals surface area contributed by atoms with E-state index in [1.807, 2.05) is 0 Å². The Morgan fingerprint density at radius 2 is 1.89 bits per heavy atom. The van der Waals surface area contributed by atoms with Crippen LogP contribution in [0, 0.1) is 0 Å². The second-order valence-corrected chi connectivity index (χ2v) is 1.96. The molecule has 2 N–H and O–H groups in total. The average molecular weight is 132 g/mol. The number of aliphatic hydroxyl groups is 2. The van der Waals surface area contributed by atoms with Crippen molar-refractivity contribution in [2.24, 2.45) is 5.10 Å². The summed E-state index contributed by atoms with van der Waals surface area (Å²) in [5.74, 6) is 0. The summed E-state index contributed by atoms with van der Waals surface area (Å²) in [4.78, 5) is 0. The van der Waals surface area contributed by atoms with Crippen LogP contribution in [0.1, 0.15) is 6.92 Å². The quantitative estimate of drug-likeness (QED) is 0.295. The molecule has 0 aliphatic rings. The Balaban J connectivity index is 3.84. The lowest BCUT2D eigenvalue weighted by Crippen LogP contribution is -2.19. The summed E-state index contributed by atoms with van der Waals surface area (Å²) in [6.07, 6.45) is -1.44. The van der Waals surface area contributed by atoms with E-state index in [-0.39, 0.29) is 0 Å². The molecule has 0 aromatic rings. The van der Waals surface area contributed by atoms with Gasteiger partial charge in [-0.25, -0.2) is 0 Å². The highest BCUT2D eigenvalue weighted by Gasteiger charge is 2.00. The Hall–Kier alpha value is -0.610. The summed E-state index contributed by atoms with van der Waals surface area (Å²) in [6, 6.07) is 0. The lowest BCUT2D eigenvalue weighted by atomic mass is 10.4. The summed E-state index contributed by atoms with van der Waals surface area (Å²) < 4.78 is 0. The highest BCUT2D eigenvalue weighted by atomic mass is 16.5. The van der Waals surface area contributed by atoms with Crippen LogP contribution in [0.5, 0.6) is 0 Å². The van der Waals surface area contributed by atoms with Crippen LogP contribution in [0.3, 0.4) is 0 Å². The number of hydrogen-bond acceptors (Lipinski definition) is 4. The SMILES string of the molecule is C/C(=N\N(C)C)C(O)O. The molecule has 0 aromatic carbocycles. The maximum absolute atomic E-state index is 8.47. The molecule has 0 heterocycles. The number of hydrogen-bond donors (Lipinski definition) is 2. The van der Waals surface area contributed by atoms with Gasteiger partial charge in [0.1, 0.15) is 0 Å². The maximum Gasteiger partial charge on any atom is 0.193 e. The molecule has 0 spiro atoms. The third kappa shape index (κ3) is 3.93. The van der Waals surface area contributed by atoms with Crippen LogP contribution in [0.2, 0.25) is 0 Å². The zero-order valence-electron chi connectivity index (χ0n) is 5.87. The van der Waals surface area contributed by atoms with Crippen molar-refractivity contribution in [1.29, 1.82) is 0 Å². The van der Waals surface area contributed by atoms with E-state index in [4.69, 9.17) is 10.2 Å². The molecule has 4 nitrogen and oxygen atoms in total. The van der Waals surface area contributed by atoms with Crippen molar-refractivity contribution in [2.45, 2.75) is 13.2 Å². The fourth-order valence-electron chi connectivity index (χ4n) is 0.367. The molecule has 0 unspecified atom stereocenters. The van der Waals surface area contributed by atoms with Gasteiger partial charge in [-0.15, -0.1) is 0 Å². The predicted molar refractivity (Wildman–Crippen MR) is 35.0 cm³/mol. The van der Waals surface area contributed by atoms with Gasteiger partial charge in [-0.1, -0.05) is 0 Å². The van der Waals surface area contributed by atoms with E-state index in [1.54, 1.807) is 21.0 Å². The van der Waals surface area contributed by atoms with Gasteiger partial charge < -0.3 is 15.2 Å². The van der Waals surface area contributed by atoms with Gasteiger partial charge in [0.05, 0.1) is 5.71 Å². The third-order valence-corrected chi connectivity index (χ3v) is 0.731. The minimum absolute atomic E-state index is 0.292. The molecule has 0 fully saturated rings. The van der Waals surface area contributed by atoms with Gasteiger partial charge in [-0.05, 0) is 6.92 Å². The fourth-order valence-corrected chi connectivity index (χ4v) is 0.367. The summed E-state index contributed by atoms with van der Waals surface area (Å²) in [5.41, 5.74) is 0.292. The van der Waals surface area contributed by atoms with Crippen molar-refractivity contribution in [1.82, 2.24) is 5.01 Å². The molecule has 0 rings (SSSR count). The fraction of sp³-hybridized carbons (Fsp3) is 0.800. The maximum atomic E-state index is 8.47. The van der Waals surface area contributed by atoms with E-state index >= 15 is 0 Å². The molecular formula is C5H12N2O2. The molecule has 0 atom stereocenters. The van der Waals surface area contributed by atoms with E-state index in [2.05, 4.69) is 5.10 Å². The Kier molecular flexibility index (Phi) is 3.19. The Morgan fingerprint density at radius 1 is 1.44 bits per heavy atom. The van der Waals surface area contributed by atoms with Crippen LogP contribution in [-0.4, -0.2) is 41.3 Å². The van der Waals surface area contributed by atoms with Gasteiger partial charge in [-0.2, -0.15) is 5.10 Å². The molecule has 0 aromatic heterocycles. The van der Waals surface area contributed by atoms with Gasteiger partial charge in [0.25, 0.3) is 0 Å². The number of hydrazone groups is 1. The standard InChI is InChI=1S/C5H12N2O2/c1-4(5(8)9)6-7(2)3/h5,8-9H,1-3H3/b6-4+. The Bertz CT molecular complexity index is 110. The predicted octanol–water partition coefficient (Wildman–Crippen LogP) is -0.765. The molecule has 0 saturated carbocycles. The summed E-state index contributed by atoms with van der Waals surface area (Å²) >= 11 is 0. The first kappa shape index (κ1) is 8.39. The lowest BCUT2D eigenvalue weighted by Gasteiger charge is -2.07. The van der Waals surface area contributed by atoms with Crippen molar-refractivity contribution >= 4 is 5.71 Å². The molecule has 0 bridgehead atoms. The van der Waals surface area contributed by atoms with Crippen molar-refractivity contribution in [2.75, 3.05) is 14.1 Å². The molecule has 0 saturated heterocycles. The van der Waals surface area contributed by atoms with Crippen molar-refractivity contribution < 1.29 is 10.2 Å². The van der Waals surface area contributed by atoms with Gasteiger partial charge in [-0.3, -0.25) is 0 Å². The minimum atomic E-state index is -1.44. The first-order valence-electron chi connectivity index (χ1n) is 2.62. The normalized spacial score (nSPS) is 12.4. The number of aliphatic hydroxyl groups excluding tert-OH is 1. The van der Waals surface area contributed by atoms with Crippen LogP contribution in [0.4, 0.5) is 0 Å². The molecule has 0 aliphatic carbocycles. The Morgan fingerprint density at radius 3 is 2.00 bits per heavy atom. The van der Waals surface area contributed by atoms with Gasteiger partial charge in [0, 0.05) is 14.1 Å².